The number of fused-ring (bicyclic) bond motifs is 1. The minimum absolute atomic E-state index is 0.0501. The summed E-state index contributed by atoms with van der Waals surface area (Å²) in [4.78, 5) is 31.9. The normalized spacial score (nSPS) is 19.2. The Morgan fingerprint density at radius 1 is 1.00 bits per heavy atom. The SMILES string of the molecule is O=C(NCC(c1ccccc1)N1CCc2sccc2C1)C1CCCN1C(=O)c1ccccc1. The molecule has 2 aliphatic rings. The molecule has 2 unspecified atom stereocenters. The fraction of sp³-hybridized carbons (Fsp3) is 0.333. The maximum Gasteiger partial charge on any atom is 0.254 e. The molecule has 170 valence electrons. The minimum Gasteiger partial charge on any atom is -0.352 e. The van der Waals surface area contributed by atoms with Crippen molar-refractivity contribution in [3.05, 3.63) is 93.7 Å². The molecular weight excluding hydrogens is 430 g/mol. The van der Waals surface area contributed by atoms with E-state index in [0.29, 0.717) is 25.1 Å². The van der Waals surface area contributed by atoms with Gasteiger partial charge in [0.15, 0.2) is 0 Å². The summed E-state index contributed by atoms with van der Waals surface area (Å²) in [6.07, 6.45) is 2.61. The molecule has 3 heterocycles. The third-order valence-electron chi connectivity index (χ3n) is 6.77. The van der Waals surface area contributed by atoms with Crippen molar-refractivity contribution in [1.82, 2.24) is 15.1 Å². The molecule has 2 aliphatic heterocycles. The number of nitrogens with zero attached hydrogens (tertiary/aromatic N) is 2. The first-order valence-corrected chi connectivity index (χ1v) is 12.6. The number of amides is 2. The number of hydrogen-bond acceptors (Lipinski definition) is 4. The molecule has 0 bridgehead atoms. The average Bonchev–Trinajstić information content (AvgIpc) is 3.54. The Labute approximate surface area is 199 Å². The third-order valence-corrected chi connectivity index (χ3v) is 7.79. The van der Waals surface area contributed by atoms with Gasteiger partial charge in [0.1, 0.15) is 6.04 Å². The van der Waals surface area contributed by atoms with Crippen molar-refractivity contribution in [2.24, 2.45) is 0 Å². The molecule has 1 N–H and O–H groups in total. The van der Waals surface area contributed by atoms with Gasteiger partial charge in [0.05, 0.1) is 6.04 Å². The second kappa shape index (κ2) is 9.89. The molecular formula is C27H29N3O2S. The van der Waals surface area contributed by atoms with Crippen LogP contribution in [0.3, 0.4) is 0 Å². The molecule has 2 amide bonds. The number of carbonyl (C=O) groups excluding carboxylic acids is 2. The molecule has 5 rings (SSSR count). The molecule has 6 heteroatoms. The van der Waals surface area contributed by atoms with Gasteiger partial charge in [0.25, 0.3) is 5.91 Å². The van der Waals surface area contributed by atoms with Crippen LogP contribution < -0.4 is 5.32 Å². The van der Waals surface area contributed by atoms with Crippen LogP contribution in [0.4, 0.5) is 0 Å². The van der Waals surface area contributed by atoms with E-state index < -0.39 is 6.04 Å². The van der Waals surface area contributed by atoms with Gasteiger partial charge in [-0.1, -0.05) is 48.5 Å². The van der Waals surface area contributed by atoms with Gasteiger partial charge in [0.2, 0.25) is 5.91 Å². The minimum atomic E-state index is -0.404. The van der Waals surface area contributed by atoms with Gasteiger partial charge in [-0.3, -0.25) is 14.5 Å². The second-order valence-electron chi connectivity index (χ2n) is 8.78. The number of nitrogens with one attached hydrogen (secondary N) is 1. The zero-order chi connectivity index (χ0) is 22.6. The summed E-state index contributed by atoms with van der Waals surface area (Å²) in [7, 11) is 0. The van der Waals surface area contributed by atoms with Gasteiger partial charge >= 0.3 is 0 Å². The van der Waals surface area contributed by atoms with Crippen molar-refractivity contribution in [2.45, 2.75) is 37.9 Å². The van der Waals surface area contributed by atoms with Crippen LogP contribution in [0, 0.1) is 0 Å². The summed E-state index contributed by atoms with van der Waals surface area (Å²) < 4.78 is 0. The quantitative estimate of drug-likeness (QED) is 0.599. The van der Waals surface area contributed by atoms with Crippen LogP contribution in [0.5, 0.6) is 0 Å². The molecule has 2 atom stereocenters. The van der Waals surface area contributed by atoms with Gasteiger partial charge in [-0.15, -0.1) is 11.3 Å². The van der Waals surface area contributed by atoms with Crippen LogP contribution in [-0.2, 0) is 17.8 Å². The summed E-state index contributed by atoms with van der Waals surface area (Å²) in [6, 6.07) is 21.6. The predicted octanol–water partition coefficient (Wildman–Crippen LogP) is 4.27. The van der Waals surface area contributed by atoms with E-state index in [1.807, 2.05) is 47.7 Å². The first-order chi connectivity index (χ1) is 16.2. The Bertz CT molecular complexity index is 1100. The fourth-order valence-corrected chi connectivity index (χ4v) is 5.90. The number of benzene rings is 2. The first-order valence-electron chi connectivity index (χ1n) is 11.7. The molecule has 1 aromatic heterocycles. The highest BCUT2D eigenvalue weighted by molar-refractivity contribution is 7.10. The summed E-state index contributed by atoms with van der Waals surface area (Å²) in [6.45, 7) is 3.04. The Kier molecular flexibility index (Phi) is 6.55. The second-order valence-corrected chi connectivity index (χ2v) is 9.78. The van der Waals surface area contributed by atoms with E-state index in [-0.39, 0.29) is 17.9 Å². The van der Waals surface area contributed by atoms with Crippen molar-refractivity contribution in [1.29, 1.82) is 0 Å². The van der Waals surface area contributed by atoms with E-state index in [4.69, 9.17) is 0 Å². The lowest BCUT2D eigenvalue weighted by molar-refractivity contribution is -0.125. The lowest BCUT2D eigenvalue weighted by atomic mass is 10.0. The molecule has 1 saturated heterocycles. The number of rotatable bonds is 6. The summed E-state index contributed by atoms with van der Waals surface area (Å²) in [5, 5.41) is 5.38. The van der Waals surface area contributed by atoms with E-state index in [1.54, 1.807) is 4.90 Å². The van der Waals surface area contributed by atoms with Crippen LogP contribution in [0.15, 0.2) is 72.1 Å². The molecule has 3 aromatic rings. The van der Waals surface area contributed by atoms with Crippen LogP contribution in [-0.4, -0.2) is 47.3 Å². The zero-order valence-corrected chi connectivity index (χ0v) is 19.5. The largest absolute Gasteiger partial charge is 0.352 e. The van der Waals surface area contributed by atoms with Crippen LogP contribution >= 0.6 is 11.3 Å². The molecule has 0 aliphatic carbocycles. The van der Waals surface area contributed by atoms with E-state index >= 15 is 0 Å². The summed E-state index contributed by atoms with van der Waals surface area (Å²) in [5.41, 5.74) is 3.24. The number of likely N-dealkylation sites (tertiary alicyclic amines) is 1. The molecule has 0 radical (unpaired) electrons. The molecule has 2 aromatic carbocycles. The molecule has 33 heavy (non-hydrogen) atoms. The van der Waals surface area contributed by atoms with E-state index in [2.05, 4.69) is 45.9 Å². The first kappa shape index (κ1) is 21.9. The van der Waals surface area contributed by atoms with Crippen molar-refractivity contribution in [3.63, 3.8) is 0 Å². The van der Waals surface area contributed by atoms with Gasteiger partial charge in [-0.2, -0.15) is 0 Å². The maximum atomic E-state index is 13.2. The van der Waals surface area contributed by atoms with Crippen LogP contribution in [0.1, 0.15) is 45.2 Å². The van der Waals surface area contributed by atoms with E-state index in [1.165, 1.54) is 16.0 Å². The van der Waals surface area contributed by atoms with Crippen molar-refractivity contribution in [3.8, 4) is 0 Å². The third kappa shape index (κ3) is 4.72. The topological polar surface area (TPSA) is 52.7 Å². The molecule has 0 spiro atoms. The standard InChI is InChI=1S/C27H29N3O2S/c31-26(23-12-7-15-30(23)27(32)21-10-5-2-6-11-21)28-18-24(20-8-3-1-4-9-20)29-16-13-25-22(19-29)14-17-33-25/h1-6,8-11,14,17,23-24H,7,12-13,15-16,18-19H2,(H,28,31). The van der Waals surface area contributed by atoms with Gasteiger partial charge in [0, 0.05) is 36.6 Å². The lowest BCUT2D eigenvalue weighted by Crippen LogP contribution is -2.48. The van der Waals surface area contributed by atoms with Crippen molar-refractivity contribution < 1.29 is 9.59 Å². The Hall–Kier alpha value is -2.96. The highest BCUT2D eigenvalue weighted by atomic mass is 32.1. The zero-order valence-electron chi connectivity index (χ0n) is 18.7. The van der Waals surface area contributed by atoms with E-state index in [9.17, 15) is 9.59 Å². The van der Waals surface area contributed by atoms with Crippen molar-refractivity contribution in [2.75, 3.05) is 19.6 Å². The monoisotopic (exact) mass is 459 g/mol. The Balaban J connectivity index is 1.29. The average molecular weight is 460 g/mol. The van der Waals surface area contributed by atoms with E-state index in [0.717, 1.165) is 25.9 Å². The number of hydrogen-bond donors (Lipinski definition) is 1. The highest BCUT2D eigenvalue weighted by Gasteiger charge is 2.35. The van der Waals surface area contributed by atoms with Crippen molar-refractivity contribution >= 4 is 23.2 Å². The molecule has 5 nitrogen and oxygen atoms in total. The Morgan fingerprint density at radius 2 is 1.76 bits per heavy atom. The number of carbonyl (C=O) groups is 2. The molecule has 0 saturated carbocycles. The van der Waals surface area contributed by atoms with Gasteiger partial charge in [-0.05, 0) is 54.0 Å². The Morgan fingerprint density at radius 3 is 2.55 bits per heavy atom. The van der Waals surface area contributed by atoms with Gasteiger partial charge < -0.3 is 10.2 Å². The van der Waals surface area contributed by atoms with Crippen LogP contribution in [0.25, 0.3) is 0 Å². The maximum absolute atomic E-state index is 13.2. The smallest absolute Gasteiger partial charge is 0.254 e. The number of thiophene rings is 1. The van der Waals surface area contributed by atoms with Crippen LogP contribution in [0.2, 0.25) is 0 Å². The highest BCUT2D eigenvalue weighted by Crippen LogP contribution is 2.30. The summed E-state index contributed by atoms with van der Waals surface area (Å²) >= 11 is 1.84. The van der Waals surface area contributed by atoms with Gasteiger partial charge in [-0.25, -0.2) is 0 Å². The predicted molar refractivity (Wildman–Crippen MR) is 131 cm³/mol. The fourth-order valence-electron chi connectivity index (χ4n) is 5.01. The summed E-state index contributed by atoms with van der Waals surface area (Å²) in [5.74, 6) is -0.111. The molecule has 1 fully saturated rings. The lowest BCUT2D eigenvalue weighted by Gasteiger charge is -2.35.